The van der Waals surface area contributed by atoms with Crippen molar-refractivity contribution in [2.45, 2.75) is 82.2 Å². The van der Waals surface area contributed by atoms with Crippen LogP contribution in [0.5, 0.6) is 11.5 Å². The Morgan fingerprint density at radius 3 is 2.23 bits per heavy atom. The van der Waals surface area contributed by atoms with Crippen LogP contribution < -0.4 is 20.1 Å². The van der Waals surface area contributed by atoms with Crippen molar-refractivity contribution in [3.05, 3.63) is 89.6 Å². The van der Waals surface area contributed by atoms with E-state index in [9.17, 15) is 13.2 Å². The molecule has 4 aromatic rings. The van der Waals surface area contributed by atoms with Gasteiger partial charge in [-0.2, -0.15) is 9.40 Å². The minimum atomic E-state index is -3.69. The lowest BCUT2D eigenvalue weighted by Gasteiger charge is -2.38. The zero-order valence-corrected chi connectivity index (χ0v) is 29.3. The number of hydrogen-bond acceptors (Lipinski definition) is 6. The van der Waals surface area contributed by atoms with Gasteiger partial charge in [-0.05, 0) is 86.9 Å². The van der Waals surface area contributed by atoms with Gasteiger partial charge in [0.2, 0.25) is 10.0 Å². The normalized spacial score (nSPS) is 19.6. The Hall–Kier alpha value is -4.35. The van der Waals surface area contributed by atoms with Crippen molar-refractivity contribution in [3.63, 3.8) is 0 Å². The van der Waals surface area contributed by atoms with Crippen LogP contribution in [0.15, 0.2) is 77.7 Å². The molecule has 0 saturated carbocycles. The van der Waals surface area contributed by atoms with Gasteiger partial charge in [-0.15, -0.1) is 0 Å². The number of rotatable bonds is 9. The second-order valence-corrected chi connectivity index (χ2v) is 15.8. The van der Waals surface area contributed by atoms with Crippen molar-refractivity contribution in [2.75, 3.05) is 24.9 Å². The number of benzene rings is 3. The molecule has 2 aliphatic rings. The smallest absolute Gasteiger partial charge is 0.324 e. The Labute approximate surface area is 283 Å². The van der Waals surface area contributed by atoms with Gasteiger partial charge in [0.1, 0.15) is 5.82 Å². The summed E-state index contributed by atoms with van der Waals surface area (Å²) >= 11 is 0. The van der Waals surface area contributed by atoms with Gasteiger partial charge < -0.3 is 14.8 Å². The number of carbonyl (C=O) groups excluding carboxylic acids is 1. The molecule has 2 atom stereocenters. The van der Waals surface area contributed by atoms with E-state index in [0.29, 0.717) is 28.9 Å². The molecule has 11 heteroatoms. The quantitative estimate of drug-likeness (QED) is 0.193. The molecular weight excluding hydrogens is 627 g/mol. The van der Waals surface area contributed by atoms with Crippen molar-refractivity contribution >= 4 is 27.6 Å². The van der Waals surface area contributed by atoms with Crippen LogP contribution in [0, 0.1) is 12.8 Å². The molecule has 3 aromatic carbocycles. The predicted molar refractivity (Wildman–Crippen MR) is 188 cm³/mol. The number of anilines is 2. The summed E-state index contributed by atoms with van der Waals surface area (Å²) in [4.78, 5) is 13.5. The zero-order chi connectivity index (χ0) is 34.2. The summed E-state index contributed by atoms with van der Waals surface area (Å²) in [6, 6.07) is 22.2. The van der Waals surface area contributed by atoms with Gasteiger partial charge in [0, 0.05) is 35.3 Å². The standard InChI is InChI=1S/C37H45N5O5S/c1-24-10-12-28(13-11-24)41-35(23-34(40-41)37(2,3)4)39-36(43)38-27-9-7-8-25(19-27)18-26-20-29-14-15-30(21-26)42(29)48(44,45)31-16-17-32(46-5)33(22-31)47-6/h7-13,16-17,19,22-23,26,29-30H,14-15,18,20-21H2,1-6H3,(H2,38,39,43). The molecule has 1 aromatic heterocycles. The Morgan fingerprint density at radius 1 is 0.896 bits per heavy atom. The highest BCUT2D eigenvalue weighted by Gasteiger charge is 2.47. The van der Waals surface area contributed by atoms with Crippen LogP contribution in [0.4, 0.5) is 16.3 Å². The van der Waals surface area contributed by atoms with E-state index >= 15 is 0 Å². The average Bonchev–Trinajstić information content (AvgIpc) is 3.60. The highest BCUT2D eigenvalue weighted by atomic mass is 32.2. The first-order valence-corrected chi connectivity index (χ1v) is 17.9. The Kier molecular flexibility index (Phi) is 9.28. The first-order valence-electron chi connectivity index (χ1n) is 16.5. The lowest BCUT2D eigenvalue weighted by molar-refractivity contribution is 0.190. The molecule has 6 rings (SSSR count). The number of urea groups is 1. The minimum Gasteiger partial charge on any atom is -0.493 e. The number of amides is 2. The van der Waals surface area contributed by atoms with Crippen molar-refractivity contribution in [1.29, 1.82) is 0 Å². The number of fused-ring (bicyclic) bond motifs is 2. The monoisotopic (exact) mass is 671 g/mol. The third kappa shape index (κ3) is 6.93. The van der Waals surface area contributed by atoms with Crippen LogP contribution in [-0.2, 0) is 21.9 Å². The number of ether oxygens (including phenoxy) is 2. The number of carbonyl (C=O) groups is 1. The fraction of sp³-hybridized carbons (Fsp3) is 0.405. The van der Waals surface area contributed by atoms with E-state index in [4.69, 9.17) is 14.6 Å². The fourth-order valence-corrected chi connectivity index (χ4v) is 8.92. The van der Waals surface area contributed by atoms with E-state index in [1.807, 2.05) is 55.5 Å². The highest BCUT2D eigenvalue weighted by Crippen LogP contribution is 2.44. The van der Waals surface area contributed by atoms with Gasteiger partial charge in [-0.1, -0.05) is 50.6 Å². The number of aromatic nitrogens is 2. The van der Waals surface area contributed by atoms with Crippen molar-refractivity contribution < 1.29 is 22.7 Å². The third-order valence-corrected chi connectivity index (χ3v) is 11.4. The van der Waals surface area contributed by atoms with E-state index in [1.54, 1.807) is 27.2 Å². The molecule has 2 bridgehead atoms. The van der Waals surface area contributed by atoms with E-state index in [2.05, 4.69) is 37.5 Å². The van der Waals surface area contributed by atoms with Crippen LogP contribution in [0.2, 0.25) is 0 Å². The molecule has 3 heterocycles. The fourth-order valence-electron chi connectivity index (χ4n) is 7.01. The Morgan fingerprint density at radius 2 is 1.58 bits per heavy atom. The second-order valence-electron chi connectivity index (χ2n) is 14.0. The van der Waals surface area contributed by atoms with Gasteiger partial charge >= 0.3 is 6.03 Å². The zero-order valence-electron chi connectivity index (χ0n) is 28.5. The predicted octanol–water partition coefficient (Wildman–Crippen LogP) is 7.31. The second kappa shape index (κ2) is 13.3. The van der Waals surface area contributed by atoms with Crippen molar-refractivity contribution in [3.8, 4) is 17.2 Å². The summed E-state index contributed by atoms with van der Waals surface area (Å²) in [6.45, 7) is 8.32. The van der Waals surface area contributed by atoms with Crippen LogP contribution in [0.1, 0.15) is 63.3 Å². The van der Waals surface area contributed by atoms with Crippen molar-refractivity contribution in [1.82, 2.24) is 14.1 Å². The Balaban J connectivity index is 1.12. The summed E-state index contributed by atoms with van der Waals surface area (Å²) in [7, 11) is -0.654. The summed E-state index contributed by atoms with van der Waals surface area (Å²) in [6.07, 6.45) is 4.10. The summed E-state index contributed by atoms with van der Waals surface area (Å²) in [5, 5.41) is 10.8. The number of nitrogens with zero attached hydrogens (tertiary/aromatic N) is 3. The average molecular weight is 672 g/mol. The van der Waals surface area contributed by atoms with E-state index < -0.39 is 10.0 Å². The van der Waals surface area contributed by atoms with Crippen LogP contribution in [-0.4, -0.2) is 54.8 Å². The highest BCUT2D eigenvalue weighted by molar-refractivity contribution is 7.89. The topological polar surface area (TPSA) is 115 Å². The summed E-state index contributed by atoms with van der Waals surface area (Å²) in [5.74, 6) is 1.82. The molecule has 0 spiro atoms. The first kappa shape index (κ1) is 33.5. The molecule has 254 valence electrons. The molecule has 2 aliphatic heterocycles. The molecule has 48 heavy (non-hydrogen) atoms. The molecule has 0 aliphatic carbocycles. The maximum Gasteiger partial charge on any atom is 0.324 e. The largest absolute Gasteiger partial charge is 0.493 e. The SMILES string of the molecule is COc1ccc(S(=O)(=O)N2C3CCC2CC(Cc2cccc(NC(=O)Nc4cc(C(C)(C)C)nn4-c4ccc(C)cc4)c2)C3)cc1OC. The molecule has 10 nitrogen and oxygen atoms in total. The van der Waals surface area contributed by atoms with E-state index in [0.717, 1.165) is 54.6 Å². The lowest BCUT2D eigenvalue weighted by atomic mass is 9.87. The molecule has 2 saturated heterocycles. The number of sulfonamides is 1. The number of hydrogen-bond donors (Lipinski definition) is 2. The number of methoxy groups -OCH3 is 2. The van der Waals surface area contributed by atoms with E-state index in [1.165, 1.54) is 14.2 Å². The maximum atomic E-state index is 13.8. The van der Waals surface area contributed by atoms with Crippen LogP contribution in [0.3, 0.4) is 0 Å². The van der Waals surface area contributed by atoms with Gasteiger partial charge in [0.25, 0.3) is 0 Å². The Bertz CT molecular complexity index is 1880. The number of nitrogens with one attached hydrogen (secondary N) is 2. The molecule has 2 N–H and O–H groups in total. The van der Waals surface area contributed by atoms with Gasteiger partial charge in [0.05, 0.1) is 30.5 Å². The minimum absolute atomic E-state index is 0.0460. The molecule has 2 amide bonds. The lowest BCUT2D eigenvalue weighted by Crippen LogP contribution is -2.46. The van der Waals surface area contributed by atoms with E-state index in [-0.39, 0.29) is 28.4 Å². The molecule has 0 radical (unpaired) electrons. The van der Waals surface area contributed by atoms with Crippen molar-refractivity contribution in [2.24, 2.45) is 5.92 Å². The van der Waals surface area contributed by atoms with Gasteiger partial charge in [-0.25, -0.2) is 17.9 Å². The number of piperidine rings is 1. The first-order chi connectivity index (χ1) is 22.8. The molecule has 2 unspecified atom stereocenters. The van der Waals surface area contributed by atoms with Gasteiger partial charge in [0.15, 0.2) is 11.5 Å². The number of aryl methyl sites for hydroxylation is 1. The van der Waals surface area contributed by atoms with Gasteiger partial charge in [-0.3, -0.25) is 5.32 Å². The molecular formula is C37H45N5O5S. The van der Waals surface area contributed by atoms with Crippen LogP contribution in [0.25, 0.3) is 5.69 Å². The third-order valence-electron chi connectivity index (χ3n) is 9.40. The summed E-state index contributed by atoms with van der Waals surface area (Å²) < 4.78 is 41.8. The van der Waals surface area contributed by atoms with Crippen LogP contribution >= 0.6 is 0 Å². The maximum absolute atomic E-state index is 13.8. The summed E-state index contributed by atoms with van der Waals surface area (Å²) in [5.41, 5.74) is 4.49. The molecule has 2 fully saturated rings.